The van der Waals surface area contributed by atoms with E-state index in [-0.39, 0.29) is 17.1 Å². The molecular formula is C25H21NO6. The molecule has 0 bridgehead atoms. The van der Waals surface area contributed by atoms with Crippen LogP contribution in [0, 0.1) is 0 Å². The van der Waals surface area contributed by atoms with Crippen LogP contribution in [-0.2, 0) is 9.59 Å². The van der Waals surface area contributed by atoms with E-state index in [1.807, 2.05) is 0 Å². The lowest BCUT2D eigenvalue weighted by Crippen LogP contribution is -2.29. The van der Waals surface area contributed by atoms with Gasteiger partial charge in [-0.05, 0) is 48.0 Å². The molecule has 3 aromatic rings. The van der Waals surface area contributed by atoms with Crippen molar-refractivity contribution in [1.82, 2.24) is 0 Å². The third kappa shape index (κ3) is 3.54. The van der Waals surface area contributed by atoms with E-state index in [1.54, 1.807) is 54.6 Å². The van der Waals surface area contributed by atoms with Crippen molar-refractivity contribution >= 4 is 23.1 Å². The SMILES string of the molecule is COc1ccc(/C(O)=C2/C(=O)C(=O)N(c3ccccc3)C2c2ccc(O)cc2)cc1OC. The topological polar surface area (TPSA) is 96.3 Å². The van der Waals surface area contributed by atoms with Crippen molar-refractivity contribution in [1.29, 1.82) is 0 Å². The van der Waals surface area contributed by atoms with Crippen molar-refractivity contribution in [2.45, 2.75) is 6.04 Å². The fraction of sp³-hybridized carbons (Fsp3) is 0.120. The molecular weight excluding hydrogens is 410 g/mol. The number of carbonyl (C=O) groups excluding carboxylic acids is 2. The van der Waals surface area contributed by atoms with E-state index >= 15 is 0 Å². The first-order valence-corrected chi connectivity index (χ1v) is 9.83. The van der Waals surface area contributed by atoms with Crippen molar-refractivity contribution in [2.75, 3.05) is 19.1 Å². The van der Waals surface area contributed by atoms with Crippen molar-refractivity contribution in [2.24, 2.45) is 0 Å². The number of phenols is 1. The zero-order chi connectivity index (χ0) is 22.8. The number of amides is 1. The summed E-state index contributed by atoms with van der Waals surface area (Å²) in [7, 11) is 2.96. The van der Waals surface area contributed by atoms with Crippen LogP contribution in [0.15, 0.2) is 78.4 Å². The molecule has 1 atom stereocenters. The first-order valence-electron chi connectivity index (χ1n) is 9.83. The number of anilines is 1. The third-order valence-corrected chi connectivity index (χ3v) is 5.34. The van der Waals surface area contributed by atoms with E-state index in [9.17, 15) is 19.8 Å². The molecule has 0 saturated carbocycles. The first-order chi connectivity index (χ1) is 15.5. The lowest BCUT2D eigenvalue weighted by atomic mass is 9.95. The minimum Gasteiger partial charge on any atom is -0.508 e. The van der Waals surface area contributed by atoms with Crippen LogP contribution in [0.4, 0.5) is 5.69 Å². The van der Waals surface area contributed by atoms with Crippen LogP contribution in [0.25, 0.3) is 5.76 Å². The van der Waals surface area contributed by atoms with E-state index < -0.39 is 17.7 Å². The molecule has 3 aromatic carbocycles. The van der Waals surface area contributed by atoms with E-state index in [0.29, 0.717) is 28.3 Å². The van der Waals surface area contributed by atoms with Gasteiger partial charge in [0, 0.05) is 11.3 Å². The molecule has 1 fully saturated rings. The van der Waals surface area contributed by atoms with Gasteiger partial charge >= 0.3 is 0 Å². The summed E-state index contributed by atoms with van der Waals surface area (Å²) in [5, 5.41) is 20.9. The molecule has 4 rings (SSSR count). The van der Waals surface area contributed by atoms with E-state index in [0.717, 1.165) is 0 Å². The standard InChI is InChI=1S/C25H21NO6/c1-31-19-13-10-16(14-20(19)32-2)23(28)21-22(15-8-11-18(27)12-9-15)26(25(30)24(21)29)17-6-4-3-5-7-17/h3-14,22,27-28H,1-2H3/b23-21-. The molecule has 32 heavy (non-hydrogen) atoms. The number of aliphatic hydroxyl groups is 1. The molecule has 0 spiro atoms. The molecule has 1 aliphatic heterocycles. The van der Waals surface area contributed by atoms with Crippen LogP contribution in [0.3, 0.4) is 0 Å². The number of hydrogen-bond donors (Lipinski definition) is 2. The number of Topliss-reactive ketones (excluding diaryl/α,β-unsaturated/α-hetero) is 1. The lowest BCUT2D eigenvalue weighted by molar-refractivity contribution is -0.132. The van der Waals surface area contributed by atoms with E-state index in [2.05, 4.69) is 0 Å². The van der Waals surface area contributed by atoms with Gasteiger partial charge in [-0.1, -0.05) is 30.3 Å². The number of aromatic hydroxyl groups is 1. The fourth-order valence-corrected chi connectivity index (χ4v) is 3.80. The number of methoxy groups -OCH3 is 2. The Morgan fingerprint density at radius 1 is 0.875 bits per heavy atom. The largest absolute Gasteiger partial charge is 0.508 e. The number of ether oxygens (including phenoxy) is 2. The minimum atomic E-state index is -0.883. The van der Waals surface area contributed by atoms with Crippen LogP contribution in [0.1, 0.15) is 17.2 Å². The van der Waals surface area contributed by atoms with Crippen LogP contribution in [0.5, 0.6) is 17.2 Å². The number of para-hydroxylation sites is 1. The Kier molecular flexibility index (Phi) is 5.55. The number of aliphatic hydroxyl groups excluding tert-OH is 1. The van der Waals surface area contributed by atoms with Crippen LogP contribution in [-0.4, -0.2) is 36.1 Å². The minimum absolute atomic E-state index is 0.0466. The van der Waals surface area contributed by atoms with Gasteiger partial charge in [-0.2, -0.15) is 0 Å². The Hall–Kier alpha value is -4.26. The van der Waals surface area contributed by atoms with Gasteiger partial charge in [-0.3, -0.25) is 14.5 Å². The highest BCUT2D eigenvalue weighted by Crippen LogP contribution is 2.43. The second-order valence-corrected chi connectivity index (χ2v) is 7.17. The second-order valence-electron chi connectivity index (χ2n) is 7.17. The summed E-state index contributed by atoms with van der Waals surface area (Å²) in [6.45, 7) is 0. The van der Waals surface area contributed by atoms with Crippen LogP contribution in [0.2, 0.25) is 0 Å². The summed E-state index contributed by atoms with van der Waals surface area (Å²) in [5.41, 5.74) is 1.32. The Labute approximate surface area is 184 Å². The maximum absolute atomic E-state index is 13.1. The molecule has 162 valence electrons. The molecule has 1 saturated heterocycles. The van der Waals surface area contributed by atoms with Crippen molar-refractivity contribution in [3.05, 3.63) is 89.5 Å². The Morgan fingerprint density at radius 2 is 1.53 bits per heavy atom. The normalized spacial score (nSPS) is 17.4. The van der Waals surface area contributed by atoms with Crippen LogP contribution >= 0.6 is 0 Å². The monoisotopic (exact) mass is 431 g/mol. The highest BCUT2D eigenvalue weighted by Gasteiger charge is 2.46. The number of benzene rings is 3. The number of carbonyl (C=O) groups is 2. The molecule has 7 heteroatoms. The summed E-state index contributed by atoms with van der Waals surface area (Å²) in [6, 6.07) is 18.8. The molecule has 2 N–H and O–H groups in total. The highest BCUT2D eigenvalue weighted by atomic mass is 16.5. The van der Waals surface area contributed by atoms with E-state index in [1.165, 1.54) is 37.3 Å². The molecule has 1 unspecified atom stereocenters. The molecule has 1 amide bonds. The number of hydrogen-bond acceptors (Lipinski definition) is 6. The number of nitrogens with zero attached hydrogens (tertiary/aromatic N) is 1. The first kappa shape index (κ1) is 21.0. The Bertz CT molecular complexity index is 1200. The van der Waals surface area contributed by atoms with Gasteiger partial charge in [0.25, 0.3) is 11.7 Å². The van der Waals surface area contributed by atoms with Gasteiger partial charge in [-0.25, -0.2) is 0 Å². The van der Waals surface area contributed by atoms with Gasteiger partial charge in [0.15, 0.2) is 11.5 Å². The third-order valence-electron chi connectivity index (χ3n) is 5.34. The Balaban J connectivity index is 1.93. The van der Waals surface area contributed by atoms with Gasteiger partial charge in [0.05, 0.1) is 25.8 Å². The van der Waals surface area contributed by atoms with Crippen molar-refractivity contribution < 1.29 is 29.3 Å². The van der Waals surface area contributed by atoms with Crippen molar-refractivity contribution in [3.63, 3.8) is 0 Å². The number of phenolic OH excluding ortho intramolecular Hbond substituents is 1. The lowest BCUT2D eigenvalue weighted by Gasteiger charge is -2.25. The summed E-state index contributed by atoms with van der Waals surface area (Å²) in [4.78, 5) is 27.5. The van der Waals surface area contributed by atoms with Gasteiger partial charge in [0.1, 0.15) is 11.5 Å². The predicted octanol–water partition coefficient (Wildman–Crippen LogP) is 4.04. The average molecular weight is 431 g/mol. The fourth-order valence-electron chi connectivity index (χ4n) is 3.80. The van der Waals surface area contributed by atoms with Crippen LogP contribution < -0.4 is 14.4 Å². The zero-order valence-corrected chi connectivity index (χ0v) is 17.5. The summed E-state index contributed by atoms with van der Waals surface area (Å²) in [6.07, 6.45) is 0. The maximum atomic E-state index is 13.1. The zero-order valence-electron chi connectivity index (χ0n) is 17.5. The molecule has 0 aromatic heterocycles. The smallest absolute Gasteiger partial charge is 0.300 e. The summed E-state index contributed by atoms with van der Waals surface area (Å²) < 4.78 is 10.5. The van der Waals surface area contributed by atoms with E-state index in [4.69, 9.17) is 9.47 Å². The van der Waals surface area contributed by atoms with Gasteiger partial charge < -0.3 is 19.7 Å². The maximum Gasteiger partial charge on any atom is 0.300 e. The molecule has 0 aliphatic carbocycles. The van der Waals surface area contributed by atoms with Gasteiger partial charge in [0.2, 0.25) is 0 Å². The average Bonchev–Trinajstić information content (AvgIpc) is 3.09. The number of rotatable bonds is 5. The predicted molar refractivity (Wildman–Crippen MR) is 119 cm³/mol. The molecule has 0 radical (unpaired) electrons. The number of ketones is 1. The Morgan fingerprint density at radius 3 is 2.16 bits per heavy atom. The molecule has 7 nitrogen and oxygen atoms in total. The molecule has 1 heterocycles. The quantitative estimate of drug-likeness (QED) is 0.360. The molecule has 1 aliphatic rings. The van der Waals surface area contributed by atoms with Gasteiger partial charge in [-0.15, -0.1) is 0 Å². The second kappa shape index (κ2) is 8.47. The van der Waals surface area contributed by atoms with Crippen molar-refractivity contribution in [3.8, 4) is 17.2 Å². The summed E-state index contributed by atoms with van der Waals surface area (Å²) >= 11 is 0. The summed E-state index contributed by atoms with van der Waals surface area (Å²) in [5.74, 6) is -1.01. The highest BCUT2D eigenvalue weighted by molar-refractivity contribution is 6.51.